The molecule has 0 aromatic carbocycles. The number of amides is 1. The SMILES string of the molecule is CCCCN(C)C(=O)c1cc(-c2ccco2)[nH]c(=O)n1. The maximum atomic E-state index is 12.2. The van der Waals surface area contributed by atoms with Crippen LogP contribution in [-0.4, -0.2) is 34.4 Å². The highest BCUT2D eigenvalue weighted by Gasteiger charge is 2.15. The van der Waals surface area contributed by atoms with E-state index in [0.717, 1.165) is 12.8 Å². The standard InChI is InChI=1S/C14H17N3O3/c1-3-4-7-17(2)13(18)11-9-10(15-14(19)16-11)12-6-5-8-20-12/h5-6,8-9H,3-4,7H2,1-2H3,(H,15,16,19). The van der Waals surface area contributed by atoms with Gasteiger partial charge in [0.2, 0.25) is 0 Å². The average Bonchev–Trinajstić information content (AvgIpc) is 2.97. The number of H-pyrrole nitrogens is 1. The van der Waals surface area contributed by atoms with Crippen molar-refractivity contribution in [1.82, 2.24) is 14.9 Å². The third kappa shape index (κ3) is 3.14. The molecule has 6 heteroatoms. The average molecular weight is 275 g/mol. The lowest BCUT2D eigenvalue weighted by molar-refractivity contribution is 0.0787. The highest BCUT2D eigenvalue weighted by atomic mass is 16.3. The molecule has 6 nitrogen and oxygen atoms in total. The highest BCUT2D eigenvalue weighted by Crippen LogP contribution is 2.16. The van der Waals surface area contributed by atoms with Gasteiger partial charge in [-0.2, -0.15) is 4.98 Å². The van der Waals surface area contributed by atoms with E-state index in [2.05, 4.69) is 16.9 Å². The molecular weight excluding hydrogens is 258 g/mol. The fourth-order valence-electron chi connectivity index (χ4n) is 1.82. The summed E-state index contributed by atoms with van der Waals surface area (Å²) in [5, 5.41) is 0. The summed E-state index contributed by atoms with van der Waals surface area (Å²) >= 11 is 0. The molecule has 0 unspecified atom stereocenters. The topological polar surface area (TPSA) is 79.2 Å². The lowest BCUT2D eigenvalue weighted by Gasteiger charge is -2.16. The summed E-state index contributed by atoms with van der Waals surface area (Å²) in [6, 6.07) is 4.95. The van der Waals surface area contributed by atoms with Crippen LogP contribution in [0.2, 0.25) is 0 Å². The highest BCUT2D eigenvalue weighted by molar-refractivity contribution is 5.92. The molecule has 0 saturated heterocycles. The van der Waals surface area contributed by atoms with Crippen LogP contribution in [0.3, 0.4) is 0 Å². The number of carbonyl (C=O) groups excluding carboxylic acids is 1. The lowest BCUT2D eigenvalue weighted by atomic mass is 10.2. The van der Waals surface area contributed by atoms with E-state index in [-0.39, 0.29) is 11.6 Å². The number of aromatic amines is 1. The monoisotopic (exact) mass is 275 g/mol. The van der Waals surface area contributed by atoms with Crippen molar-refractivity contribution in [1.29, 1.82) is 0 Å². The van der Waals surface area contributed by atoms with E-state index in [0.29, 0.717) is 18.0 Å². The molecule has 2 aromatic heterocycles. The first-order valence-corrected chi connectivity index (χ1v) is 6.52. The van der Waals surface area contributed by atoms with E-state index in [1.807, 2.05) is 0 Å². The third-order valence-corrected chi connectivity index (χ3v) is 2.94. The number of rotatable bonds is 5. The van der Waals surface area contributed by atoms with Crippen LogP contribution in [0.15, 0.2) is 33.7 Å². The normalized spacial score (nSPS) is 10.5. The van der Waals surface area contributed by atoms with Crippen LogP contribution < -0.4 is 5.69 Å². The fraction of sp³-hybridized carbons (Fsp3) is 0.357. The Balaban J connectivity index is 2.28. The number of carbonyl (C=O) groups is 1. The summed E-state index contributed by atoms with van der Waals surface area (Å²) in [5.74, 6) is 0.229. The van der Waals surface area contributed by atoms with Crippen LogP contribution in [-0.2, 0) is 0 Å². The first kappa shape index (κ1) is 14.0. The zero-order chi connectivity index (χ0) is 14.5. The van der Waals surface area contributed by atoms with Crippen molar-refractivity contribution in [2.45, 2.75) is 19.8 Å². The second-order valence-corrected chi connectivity index (χ2v) is 4.54. The van der Waals surface area contributed by atoms with Gasteiger partial charge in [0, 0.05) is 13.6 Å². The lowest BCUT2D eigenvalue weighted by Crippen LogP contribution is -2.30. The molecule has 0 spiro atoms. The zero-order valence-corrected chi connectivity index (χ0v) is 11.5. The summed E-state index contributed by atoms with van der Waals surface area (Å²) < 4.78 is 5.21. The zero-order valence-electron chi connectivity index (χ0n) is 11.5. The van der Waals surface area contributed by atoms with Crippen LogP contribution in [0.25, 0.3) is 11.5 Å². The van der Waals surface area contributed by atoms with Crippen molar-refractivity contribution in [3.05, 3.63) is 40.6 Å². The molecule has 0 saturated carbocycles. The van der Waals surface area contributed by atoms with Gasteiger partial charge in [0.1, 0.15) is 11.5 Å². The van der Waals surface area contributed by atoms with Gasteiger partial charge < -0.3 is 14.3 Å². The van der Waals surface area contributed by atoms with Gasteiger partial charge in [0.25, 0.3) is 5.91 Å². The van der Waals surface area contributed by atoms with Gasteiger partial charge in [-0.15, -0.1) is 0 Å². The maximum absolute atomic E-state index is 12.2. The van der Waals surface area contributed by atoms with Crippen LogP contribution in [0.4, 0.5) is 0 Å². The van der Waals surface area contributed by atoms with E-state index in [1.165, 1.54) is 12.3 Å². The molecule has 1 amide bonds. The summed E-state index contributed by atoms with van der Waals surface area (Å²) in [5.41, 5.74) is 0.00661. The van der Waals surface area contributed by atoms with Crippen LogP contribution >= 0.6 is 0 Å². The van der Waals surface area contributed by atoms with E-state index in [9.17, 15) is 9.59 Å². The number of unbranched alkanes of at least 4 members (excludes halogenated alkanes) is 1. The molecule has 0 aliphatic carbocycles. The van der Waals surface area contributed by atoms with Gasteiger partial charge in [-0.1, -0.05) is 13.3 Å². The molecule has 0 fully saturated rings. The van der Waals surface area contributed by atoms with Crippen molar-refractivity contribution in [3.63, 3.8) is 0 Å². The van der Waals surface area contributed by atoms with Crippen LogP contribution in [0.5, 0.6) is 0 Å². The molecule has 0 bridgehead atoms. The second-order valence-electron chi connectivity index (χ2n) is 4.54. The number of nitrogens with one attached hydrogen (secondary N) is 1. The van der Waals surface area contributed by atoms with Gasteiger partial charge in [-0.05, 0) is 24.6 Å². The summed E-state index contributed by atoms with van der Waals surface area (Å²) in [4.78, 5) is 31.6. The molecule has 20 heavy (non-hydrogen) atoms. The van der Waals surface area contributed by atoms with Crippen molar-refractivity contribution in [2.75, 3.05) is 13.6 Å². The van der Waals surface area contributed by atoms with E-state index in [4.69, 9.17) is 4.42 Å². The summed E-state index contributed by atoms with van der Waals surface area (Å²) in [6.07, 6.45) is 3.41. The molecule has 2 rings (SSSR count). The smallest absolute Gasteiger partial charge is 0.346 e. The van der Waals surface area contributed by atoms with Crippen LogP contribution in [0, 0.1) is 0 Å². The van der Waals surface area contributed by atoms with Crippen LogP contribution in [0.1, 0.15) is 30.3 Å². The molecule has 0 atom stereocenters. The Labute approximate surface area is 116 Å². The molecule has 0 aliphatic rings. The van der Waals surface area contributed by atoms with Crippen molar-refractivity contribution in [2.24, 2.45) is 0 Å². The first-order chi connectivity index (χ1) is 9.61. The van der Waals surface area contributed by atoms with Gasteiger partial charge in [-0.3, -0.25) is 4.79 Å². The Hall–Kier alpha value is -2.37. The largest absolute Gasteiger partial charge is 0.463 e. The molecule has 1 N–H and O–H groups in total. The molecule has 106 valence electrons. The Kier molecular flexibility index (Phi) is 4.34. The van der Waals surface area contributed by atoms with Crippen molar-refractivity contribution >= 4 is 5.91 Å². The first-order valence-electron chi connectivity index (χ1n) is 6.52. The Morgan fingerprint density at radius 2 is 2.30 bits per heavy atom. The van der Waals surface area contributed by atoms with Crippen molar-refractivity contribution in [3.8, 4) is 11.5 Å². The maximum Gasteiger partial charge on any atom is 0.346 e. The Morgan fingerprint density at radius 3 is 2.95 bits per heavy atom. The number of hydrogen-bond acceptors (Lipinski definition) is 4. The predicted molar refractivity (Wildman–Crippen MR) is 74.4 cm³/mol. The molecule has 2 heterocycles. The predicted octanol–water partition coefficient (Wildman–Crippen LogP) is 1.90. The number of furan rings is 1. The number of hydrogen-bond donors (Lipinski definition) is 1. The minimum Gasteiger partial charge on any atom is -0.463 e. The summed E-state index contributed by atoms with van der Waals surface area (Å²) in [6.45, 7) is 2.69. The van der Waals surface area contributed by atoms with Gasteiger partial charge in [0.15, 0.2) is 0 Å². The molecule has 0 radical (unpaired) electrons. The van der Waals surface area contributed by atoms with Gasteiger partial charge in [-0.25, -0.2) is 4.79 Å². The van der Waals surface area contributed by atoms with Crippen molar-refractivity contribution < 1.29 is 9.21 Å². The molecular formula is C14H17N3O3. The summed E-state index contributed by atoms with van der Waals surface area (Å²) in [7, 11) is 1.70. The minimum absolute atomic E-state index is 0.124. The number of nitrogens with zero attached hydrogens (tertiary/aromatic N) is 2. The van der Waals surface area contributed by atoms with E-state index < -0.39 is 5.69 Å². The van der Waals surface area contributed by atoms with E-state index >= 15 is 0 Å². The fourth-order valence-corrected chi connectivity index (χ4v) is 1.82. The quantitative estimate of drug-likeness (QED) is 0.903. The van der Waals surface area contributed by atoms with Gasteiger partial charge >= 0.3 is 5.69 Å². The molecule has 0 aliphatic heterocycles. The minimum atomic E-state index is -0.564. The second kappa shape index (κ2) is 6.18. The Morgan fingerprint density at radius 1 is 1.50 bits per heavy atom. The molecule has 2 aromatic rings. The third-order valence-electron chi connectivity index (χ3n) is 2.94. The number of aromatic nitrogens is 2. The van der Waals surface area contributed by atoms with E-state index in [1.54, 1.807) is 24.1 Å². The Bertz CT molecular complexity index is 631. The van der Waals surface area contributed by atoms with Gasteiger partial charge in [0.05, 0.1) is 12.0 Å².